The van der Waals surface area contributed by atoms with Gasteiger partial charge in [-0.3, -0.25) is 9.80 Å². The number of unbranched alkanes of at least 4 members (excludes halogenated alkanes) is 1. The predicted molar refractivity (Wildman–Crippen MR) is 81.5 cm³/mol. The van der Waals surface area contributed by atoms with E-state index in [0.29, 0.717) is 6.04 Å². The van der Waals surface area contributed by atoms with Crippen molar-refractivity contribution in [1.29, 1.82) is 0 Å². The first kappa shape index (κ1) is 16.9. The van der Waals surface area contributed by atoms with Gasteiger partial charge in [-0.2, -0.15) is 0 Å². The Labute approximate surface area is 119 Å². The molecule has 0 saturated carbocycles. The van der Waals surface area contributed by atoms with Crippen LogP contribution in [0.15, 0.2) is 0 Å². The lowest BCUT2D eigenvalue weighted by atomic mass is 10.1. The molecule has 19 heavy (non-hydrogen) atoms. The maximum atomic E-state index is 5.69. The molecule has 1 unspecified atom stereocenters. The van der Waals surface area contributed by atoms with E-state index in [2.05, 4.69) is 23.6 Å². The third kappa shape index (κ3) is 6.70. The lowest BCUT2D eigenvalue weighted by Gasteiger charge is -2.39. The summed E-state index contributed by atoms with van der Waals surface area (Å²) in [6.45, 7) is 12.9. The smallest absolute Gasteiger partial charge is 0.0593 e. The van der Waals surface area contributed by atoms with E-state index >= 15 is 0 Å². The molecule has 1 heterocycles. The molecule has 0 aromatic heterocycles. The summed E-state index contributed by atoms with van der Waals surface area (Å²) in [5.41, 5.74) is 5.69. The first-order valence-electron chi connectivity index (χ1n) is 8.06. The van der Waals surface area contributed by atoms with Crippen LogP contribution in [0.25, 0.3) is 0 Å². The Morgan fingerprint density at radius 3 is 2.42 bits per heavy atom. The molecule has 2 N–H and O–H groups in total. The fourth-order valence-electron chi connectivity index (χ4n) is 2.73. The molecular formula is C15H33N3O. The molecule has 0 aromatic carbocycles. The van der Waals surface area contributed by atoms with Gasteiger partial charge >= 0.3 is 0 Å². The van der Waals surface area contributed by atoms with Gasteiger partial charge in [-0.15, -0.1) is 0 Å². The second-order valence-electron chi connectivity index (χ2n) is 5.48. The summed E-state index contributed by atoms with van der Waals surface area (Å²) in [7, 11) is 0. The number of ether oxygens (including phenoxy) is 1. The van der Waals surface area contributed by atoms with Gasteiger partial charge in [-0.25, -0.2) is 0 Å². The van der Waals surface area contributed by atoms with Gasteiger partial charge in [-0.1, -0.05) is 20.3 Å². The molecule has 1 saturated heterocycles. The minimum atomic E-state index is 0.688. The minimum Gasteiger partial charge on any atom is -0.380 e. The summed E-state index contributed by atoms with van der Waals surface area (Å²) in [5.74, 6) is 0. The summed E-state index contributed by atoms with van der Waals surface area (Å²) >= 11 is 0. The molecule has 4 nitrogen and oxygen atoms in total. The lowest BCUT2D eigenvalue weighted by Crippen LogP contribution is -2.51. The molecule has 0 amide bonds. The van der Waals surface area contributed by atoms with E-state index in [0.717, 1.165) is 32.7 Å². The third-order valence-electron chi connectivity index (χ3n) is 4.09. The number of rotatable bonds is 10. The van der Waals surface area contributed by atoms with Crippen LogP contribution in [0.3, 0.4) is 0 Å². The molecule has 1 aliphatic heterocycles. The van der Waals surface area contributed by atoms with E-state index in [-0.39, 0.29) is 0 Å². The SMILES string of the molecule is CCCCOCCN1CCN(C(CC)CCN)CC1. The summed E-state index contributed by atoms with van der Waals surface area (Å²) in [4.78, 5) is 5.14. The van der Waals surface area contributed by atoms with Crippen molar-refractivity contribution >= 4 is 0 Å². The fraction of sp³-hybridized carbons (Fsp3) is 1.00. The van der Waals surface area contributed by atoms with E-state index < -0.39 is 0 Å². The van der Waals surface area contributed by atoms with Crippen molar-refractivity contribution in [2.24, 2.45) is 5.73 Å². The van der Waals surface area contributed by atoms with Gasteiger partial charge < -0.3 is 10.5 Å². The maximum Gasteiger partial charge on any atom is 0.0593 e. The highest BCUT2D eigenvalue weighted by Crippen LogP contribution is 2.11. The quantitative estimate of drug-likeness (QED) is 0.612. The topological polar surface area (TPSA) is 41.7 Å². The Bertz CT molecular complexity index is 206. The average molecular weight is 271 g/mol. The normalized spacial score (nSPS) is 19.7. The van der Waals surface area contributed by atoms with Crippen LogP contribution in [0.4, 0.5) is 0 Å². The van der Waals surface area contributed by atoms with E-state index in [4.69, 9.17) is 10.5 Å². The van der Waals surface area contributed by atoms with Crippen LogP contribution in [0.5, 0.6) is 0 Å². The molecule has 0 radical (unpaired) electrons. The number of nitrogens with zero attached hydrogens (tertiary/aromatic N) is 2. The van der Waals surface area contributed by atoms with E-state index in [1.807, 2.05) is 0 Å². The maximum absolute atomic E-state index is 5.69. The standard InChI is InChI=1S/C15H33N3O/c1-3-5-13-19-14-12-17-8-10-18(11-9-17)15(4-2)6-7-16/h15H,3-14,16H2,1-2H3. The number of piperazine rings is 1. The Morgan fingerprint density at radius 1 is 1.11 bits per heavy atom. The highest BCUT2D eigenvalue weighted by molar-refractivity contribution is 4.78. The van der Waals surface area contributed by atoms with Crippen LogP contribution in [-0.4, -0.2) is 68.3 Å². The van der Waals surface area contributed by atoms with Crippen molar-refractivity contribution in [1.82, 2.24) is 9.80 Å². The fourth-order valence-corrected chi connectivity index (χ4v) is 2.73. The first-order valence-corrected chi connectivity index (χ1v) is 8.06. The van der Waals surface area contributed by atoms with E-state index in [9.17, 15) is 0 Å². The molecule has 1 rings (SSSR count). The molecule has 1 fully saturated rings. The number of hydrogen-bond acceptors (Lipinski definition) is 4. The molecule has 0 bridgehead atoms. The zero-order chi connectivity index (χ0) is 13.9. The molecule has 114 valence electrons. The summed E-state index contributed by atoms with van der Waals surface area (Å²) in [6, 6.07) is 0.688. The largest absolute Gasteiger partial charge is 0.380 e. The third-order valence-corrected chi connectivity index (χ3v) is 4.09. The van der Waals surface area contributed by atoms with E-state index in [1.165, 1.54) is 45.4 Å². The van der Waals surface area contributed by atoms with Gasteiger partial charge in [0, 0.05) is 45.4 Å². The van der Waals surface area contributed by atoms with Crippen molar-refractivity contribution in [3.63, 3.8) is 0 Å². The van der Waals surface area contributed by atoms with Crippen LogP contribution < -0.4 is 5.73 Å². The molecule has 1 aliphatic rings. The van der Waals surface area contributed by atoms with Gasteiger partial charge in [0.1, 0.15) is 0 Å². The van der Waals surface area contributed by atoms with Crippen molar-refractivity contribution in [2.75, 3.05) is 52.5 Å². The number of nitrogens with two attached hydrogens (primary N) is 1. The van der Waals surface area contributed by atoms with Crippen LogP contribution in [0.2, 0.25) is 0 Å². The van der Waals surface area contributed by atoms with Crippen molar-refractivity contribution in [3.8, 4) is 0 Å². The van der Waals surface area contributed by atoms with Crippen molar-refractivity contribution in [2.45, 2.75) is 45.6 Å². The Balaban J connectivity index is 2.10. The van der Waals surface area contributed by atoms with Crippen molar-refractivity contribution in [3.05, 3.63) is 0 Å². The zero-order valence-corrected chi connectivity index (χ0v) is 12.9. The molecule has 0 aromatic rings. The van der Waals surface area contributed by atoms with Gasteiger partial charge in [0.2, 0.25) is 0 Å². The van der Waals surface area contributed by atoms with Crippen molar-refractivity contribution < 1.29 is 4.74 Å². The number of hydrogen-bond donors (Lipinski definition) is 1. The molecule has 0 spiro atoms. The molecule has 1 atom stereocenters. The van der Waals surface area contributed by atoms with Gasteiger partial charge in [0.15, 0.2) is 0 Å². The lowest BCUT2D eigenvalue weighted by molar-refractivity contribution is 0.0580. The average Bonchev–Trinajstić information content (AvgIpc) is 2.45. The van der Waals surface area contributed by atoms with Gasteiger partial charge in [0.25, 0.3) is 0 Å². The van der Waals surface area contributed by atoms with Gasteiger partial charge in [-0.05, 0) is 25.8 Å². The molecular weight excluding hydrogens is 238 g/mol. The van der Waals surface area contributed by atoms with Crippen LogP contribution in [0, 0.1) is 0 Å². The summed E-state index contributed by atoms with van der Waals surface area (Å²) < 4.78 is 5.64. The summed E-state index contributed by atoms with van der Waals surface area (Å²) in [6.07, 6.45) is 4.76. The Kier molecular flexibility index (Phi) is 9.43. The van der Waals surface area contributed by atoms with E-state index in [1.54, 1.807) is 0 Å². The zero-order valence-electron chi connectivity index (χ0n) is 12.9. The van der Waals surface area contributed by atoms with Crippen LogP contribution in [0.1, 0.15) is 39.5 Å². The van der Waals surface area contributed by atoms with Crippen LogP contribution >= 0.6 is 0 Å². The minimum absolute atomic E-state index is 0.688. The van der Waals surface area contributed by atoms with Gasteiger partial charge in [0.05, 0.1) is 6.61 Å². The second-order valence-corrected chi connectivity index (χ2v) is 5.48. The highest BCUT2D eigenvalue weighted by atomic mass is 16.5. The molecule has 0 aliphatic carbocycles. The monoisotopic (exact) mass is 271 g/mol. The Hall–Kier alpha value is -0.160. The second kappa shape index (κ2) is 10.6. The Morgan fingerprint density at radius 2 is 1.84 bits per heavy atom. The summed E-state index contributed by atoms with van der Waals surface area (Å²) in [5, 5.41) is 0. The van der Waals surface area contributed by atoms with Crippen LogP contribution in [-0.2, 0) is 4.74 Å². The molecule has 4 heteroatoms. The first-order chi connectivity index (χ1) is 9.31. The highest BCUT2D eigenvalue weighted by Gasteiger charge is 2.21. The predicted octanol–water partition coefficient (Wildman–Crippen LogP) is 1.55.